The molecule has 0 aliphatic carbocycles. The predicted molar refractivity (Wildman–Crippen MR) is 129 cm³/mol. The van der Waals surface area contributed by atoms with Crippen molar-refractivity contribution in [1.29, 1.82) is 0 Å². The summed E-state index contributed by atoms with van der Waals surface area (Å²) in [6.45, 7) is 4.92. The fraction of sp³-hybridized carbons (Fsp3) is 0.360. The molecule has 2 aromatic rings. The molecule has 176 valence electrons. The maximum atomic E-state index is 13.2. The van der Waals surface area contributed by atoms with Gasteiger partial charge in [0.05, 0.1) is 35.9 Å². The van der Waals surface area contributed by atoms with E-state index in [-0.39, 0.29) is 26.9 Å². The predicted octanol–water partition coefficient (Wildman–Crippen LogP) is 6.01. The number of benzene rings is 2. The number of Topliss-reactive ketones (excluding diaryl/α,β-unsaturated/α-hetero) is 1. The van der Waals surface area contributed by atoms with Crippen molar-refractivity contribution in [2.45, 2.75) is 39.2 Å². The first kappa shape index (κ1) is 24.9. The van der Waals surface area contributed by atoms with E-state index >= 15 is 0 Å². The summed E-state index contributed by atoms with van der Waals surface area (Å²) in [4.78, 5) is 27.7. The normalized spacial score (nSPS) is 17.5. The van der Waals surface area contributed by atoms with Crippen LogP contribution in [0.2, 0.25) is 10.0 Å². The third-order valence-corrected chi connectivity index (χ3v) is 5.91. The molecule has 1 atom stereocenters. The van der Waals surface area contributed by atoms with E-state index in [0.29, 0.717) is 30.9 Å². The second-order valence-electron chi connectivity index (χ2n) is 7.74. The lowest BCUT2D eigenvalue weighted by Crippen LogP contribution is -2.30. The third-order valence-electron chi connectivity index (χ3n) is 5.41. The molecule has 0 spiro atoms. The van der Waals surface area contributed by atoms with Crippen LogP contribution in [0.5, 0.6) is 11.5 Å². The van der Waals surface area contributed by atoms with Crippen molar-refractivity contribution in [3.8, 4) is 11.5 Å². The maximum Gasteiger partial charge on any atom is 0.295 e. The molecule has 6 nitrogen and oxygen atoms in total. The van der Waals surface area contributed by atoms with Crippen LogP contribution in [0.3, 0.4) is 0 Å². The van der Waals surface area contributed by atoms with Crippen molar-refractivity contribution in [3.05, 3.63) is 63.1 Å². The van der Waals surface area contributed by atoms with Gasteiger partial charge in [-0.15, -0.1) is 0 Å². The lowest BCUT2D eigenvalue weighted by atomic mass is 9.94. The van der Waals surface area contributed by atoms with E-state index in [1.165, 1.54) is 24.1 Å². The highest BCUT2D eigenvalue weighted by molar-refractivity contribution is 6.46. The van der Waals surface area contributed by atoms with Gasteiger partial charge >= 0.3 is 0 Å². The van der Waals surface area contributed by atoms with Gasteiger partial charge in [-0.05, 0) is 42.7 Å². The number of likely N-dealkylation sites (tertiary alicyclic amines) is 1. The summed E-state index contributed by atoms with van der Waals surface area (Å²) in [5, 5.41) is 11.7. The number of carbonyl (C=O) groups excluding carboxylic acids is 2. The maximum absolute atomic E-state index is 13.2. The van der Waals surface area contributed by atoms with Crippen LogP contribution in [0.1, 0.15) is 50.3 Å². The van der Waals surface area contributed by atoms with Crippen LogP contribution in [0.15, 0.2) is 42.0 Å². The molecule has 0 aromatic heterocycles. The average molecular weight is 492 g/mol. The topological polar surface area (TPSA) is 76.1 Å². The smallest absolute Gasteiger partial charge is 0.295 e. The lowest BCUT2D eigenvalue weighted by molar-refractivity contribution is -0.139. The number of aliphatic hydroxyl groups excluding tert-OH is 1. The number of halogens is 2. The van der Waals surface area contributed by atoms with Gasteiger partial charge in [0, 0.05) is 11.6 Å². The minimum Gasteiger partial charge on any atom is -0.507 e. The molecule has 1 aliphatic heterocycles. The summed E-state index contributed by atoms with van der Waals surface area (Å²) in [5.74, 6) is -1.04. The van der Waals surface area contributed by atoms with E-state index in [0.717, 1.165) is 12.8 Å². The molecule has 1 saturated heterocycles. The Bertz CT molecular complexity index is 1080. The van der Waals surface area contributed by atoms with E-state index in [2.05, 4.69) is 0 Å². The zero-order valence-electron chi connectivity index (χ0n) is 18.9. The summed E-state index contributed by atoms with van der Waals surface area (Å²) >= 11 is 12.4. The molecule has 0 saturated carbocycles. The largest absolute Gasteiger partial charge is 0.507 e. The van der Waals surface area contributed by atoms with Crippen molar-refractivity contribution in [3.63, 3.8) is 0 Å². The molecule has 1 unspecified atom stereocenters. The monoisotopic (exact) mass is 491 g/mol. The number of amides is 1. The first-order valence-electron chi connectivity index (χ1n) is 10.9. The minimum atomic E-state index is -0.788. The third kappa shape index (κ3) is 5.12. The molecule has 1 fully saturated rings. The lowest BCUT2D eigenvalue weighted by Gasteiger charge is -2.25. The Morgan fingerprint density at radius 3 is 2.55 bits per heavy atom. The van der Waals surface area contributed by atoms with Crippen molar-refractivity contribution < 1.29 is 24.2 Å². The van der Waals surface area contributed by atoms with Gasteiger partial charge in [-0.1, -0.05) is 55.6 Å². The molecule has 1 heterocycles. The van der Waals surface area contributed by atoms with Crippen LogP contribution in [-0.2, 0) is 9.59 Å². The zero-order chi connectivity index (χ0) is 24.1. The molecule has 0 radical (unpaired) electrons. The second-order valence-corrected chi connectivity index (χ2v) is 8.58. The SMILES string of the molecule is CCCCN1C(=O)C(=O)/C(=C(/O)c2cc(Cl)cc(Cl)c2OC)C1c1cccc(OCCC)c1. The second kappa shape index (κ2) is 10.9. The van der Waals surface area contributed by atoms with Gasteiger partial charge in [-0.2, -0.15) is 0 Å². The summed E-state index contributed by atoms with van der Waals surface area (Å²) in [6.07, 6.45) is 2.39. The number of carbonyl (C=O) groups is 2. The van der Waals surface area contributed by atoms with Crippen LogP contribution in [0.25, 0.3) is 5.76 Å². The molecule has 1 N–H and O–H groups in total. The molecule has 0 bridgehead atoms. The molecule has 1 amide bonds. The first-order chi connectivity index (χ1) is 15.8. The van der Waals surface area contributed by atoms with E-state index < -0.39 is 23.5 Å². The molecule has 33 heavy (non-hydrogen) atoms. The highest BCUT2D eigenvalue weighted by Crippen LogP contribution is 2.43. The van der Waals surface area contributed by atoms with E-state index in [1.807, 2.05) is 26.0 Å². The van der Waals surface area contributed by atoms with Crippen molar-refractivity contribution in [2.24, 2.45) is 0 Å². The standard InChI is InChI=1S/C25H27Cl2NO5/c1-4-6-10-28-21(15-8-7-9-17(12-15)33-11-5-2)20(23(30)25(28)31)22(29)18-13-16(26)14-19(27)24(18)32-3/h7-9,12-14,21,29H,4-6,10-11H2,1-3H3/b22-20+. The van der Waals surface area contributed by atoms with Crippen LogP contribution >= 0.6 is 23.2 Å². The van der Waals surface area contributed by atoms with Crippen molar-refractivity contribution >= 4 is 40.7 Å². The number of nitrogens with zero attached hydrogens (tertiary/aromatic N) is 1. The van der Waals surface area contributed by atoms with E-state index in [1.54, 1.807) is 12.1 Å². The Hall–Kier alpha value is -2.70. The van der Waals surface area contributed by atoms with Gasteiger partial charge in [0.2, 0.25) is 0 Å². The summed E-state index contributed by atoms with van der Waals surface area (Å²) in [6, 6.07) is 9.37. The minimum absolute atomic E-state index is 0.0413. The number of aliphatic hydroxyl groups is 1. The molecular formula is C25H27Cl2NO5. The Labute approximate surface area is 203 Å². The number of hydrogen-bond acceptors (Lipinski definition) is 5. The number of rotatable bonds is 9. The van der Waals surface area contributed by atoms with Crippen LogP contribution in [0.4, 0.5) is 0 Å². The summed E-state index contributed by atoms with van der Waals surface area (Å²) in [7, 11) is 1.40. The molecular weight excluding hydrogens is 465 g/mol. The number of unbranched alkanes of at least 4 members (excludes halogenated alkanes) is 1. The Balaban J connectivity index is 2.22. The average Bonchev–Trinajstić information content (AvgIpc) is 3.05. The number of hydrogen-bond donors (Lipinski definition) is 1. The molecule has 3 rings (SSSR count). The zero-order valence-corrected chi connectivity index (χ0v) is 20.4. The summed E-state index contributed by atoms with van der Waals surface area (Å²) < 4.78 is 11.1. The van der Waals surface area contributed by atoms with E-state index in [9.17, 15) is 14.7 Å². The van der Waals surface area contributed by atoms with Crippen LogP contribution in [0, 0.1) is 0 Å². The molecule has 8 heteroatoms. The molecule has 2 aromatic carbocycles. The Morgan fingerprint density at radius 2 is 1.88 bits per heavy atom. The van der Waals surface area contributed by atoms with Crippen LogP contribution in [-0.4, -0.2) is 42.0 Å². The molecule has 1 aliphatic rings. The van der Waals surface area contributed by atoms with Crippen molar-refractivity contribution in [1.82, 2.24) is 4.90 Å². The van der Waals surface area contributed by atoms with Crippen LogP contribution < -0.4 is 9.47 Å². The van der Waals surface area contributed by atoms with E-state index in [4.69, 9.17) is 32.7 Å². The van der Waals surface area contributed by atoms with Crippen molar-refractivity contribution in [2.75, 3.05) is 20.3 Å². The number of methoxy groups -OCH3 is 1. The quantitative estimate of drug-likeness (QED) is 0.264. The van der Waals surface area contributed by atoms with Gasteiger partial charge in [-0.3, -0.25) is 9.59 Å². The van der Waals surface area contributed by atoms with Gasteiger partial charge < -0.3 is 19.5 Å². The number of ketones is 1. The van der Waals surface area contributed by atoms with Gasteiger partial charge in [0.15, 0.2) is 0 Å². The van der Waals surface area contributed by atoms with Gasteiger partial charge in [0.1, 0.15) is 17.3 Å². The summed E-state index contributed by atoms with van der Waals surface area (Å²) in [5.41, 5.74) is 0.764. The Kier molecular flexibility index (Phi) is 8.27. The highest BCUT2D eigenvalue weighted by Gasteiger charge is 2.46. The fourth-order valence-electron chi connectivity index (χ4n) is 3.87. The number of ether oxygens (including phenoxy) is 2. The first-order valence-corrected chi connectivity index (χ1v) is 11.6. The van der Waals surface area contributed by atoms with Gasteiger partial charge in [-0.25, -0.2) is 0 Å². The fourth-order valence-corrected chi connectivity index (χ4v) is 4.44. The Morgan fingerprint density at radius 1 is 1.12 bits per heavy atom. The van der Waals surface area contributed by atoms with Gasteiger partial charge in [0.25, 0.3) is 11.7 Å². The highest BCUT2D eigenvalue weighted by atomic mass is 35.5.